The lowest BCUT2D eigenvalue weighted by atomic mass is 10.1. The van der Waals surface area contributed by atoms with Gasteiger partial charge in [0.15, 0.2) is 0 Å². The summed E-state index contributed by atoms with van der Waals surface area (Å²) in [5.74, 6) is 0.837. The summed E-state index contributed by atoms with van der Waals surface area (Å²) in [6.07, 6.45) is 0.857. The summed E-state index contributed by atoms with van der Waals surface area (Å²) in [7, 11) is 0. The molecule has 0 fully saturated rings. The number of benzene rings is 2. The van der Waals surface area contributed by atoms with Crippen LogP contribution in [0, 0.1) is 0 Å². The molecule has 0 aliphatic heterocycles. The van der Waals surface area contributed by atoms with E-state index in [-0.39, 0.29) is 0 Å². The van der Waals surface area contributed by atoms with E-state index in [1.807, 2.05) is 19.1 Å². The molecular formula is C17H17Br2Cl2NO. The molecule has 2 rings (SSSR count). The highest BCUT2D eigenvalue weighted by Gasteiger charge is 2.08. The fraction of sp³-hybridized carbons (Fsp3) is 0.294. The summed E-state index contributed by atoms with van der Waals surface area (Å²) in [5.41, 5.74) is 2.27. The van der Waals surface area contributed by atoms with Gasteiger partial charge >= 0.3 is 0 Å². The minimum atomic E-state index is 0.636. The first-order valence-electron chi connectivity index (χ1n) is 7.26. The Hall–Kier alpha value is -0.260. The fourth-order valence-corrected chi connectivity index (χ4v) is 4.19. The van der Waals surface area contributed by atoms with Crippen LogP contribution < -0.4 is 10.1 Å². The van der Waals surface area contributed by atoms with Crippen molar-refractivity contribution in [3.63, 3.8) is 0 Å². The molecule has 0 aliphatic rings. The molecule has 0 bridgehead atoms. The number of ether oxygens (including phenoxy) is 1. The number of rotatable bonds is 7. The molecule has 0 heterocycles. The summed E-state index contributed by atoms with van der Waals surface area (Å²) < 4.78 is 7.49. The monoisotopic (exact) mass is 479 g/mol. The lowest BCUT2D eigenvalue weighted by Gasteiger charge is -2.12. The van der Waals surface area contributed by atoms with Crippen LogP contribution in [0.15, 0.2) is 39.3 Å². The van der Waals surface area contributed by atoms with Crippen LogP contribution >= 0.6 is 55.1 Å². The van der Waals surface area contributed by atoms with E-state index in [1.54, 1.807) is 6.07 Å². The van der Waals surface area contributed by atoms with Gasteiger partial charge in [0.1, 0.15) is 5.75 Å². The molecule has 2 nitrogen and oxygen atoms in total. The van der Waals surface area contributed by atoms with Crippen molar-refractivity contribution in [1.82, 2.24) is 5.32 Å². The maximum absolute atomic E-state index is 6.18. The van der Waals surface area contributed by atoms with E-state index in [1.165, 1.54) is 5.56 Å². The van der Waals surface area contributed by atoms with Crippen molar-refractivity contribution in [3.8, 4) is 5.75 Å². The highest BCUT2D eigenvalue weighted by atomic mass is 79.9. The van der Waals surface area contributed by atoms with Crippen molar-refractivity contribution in [1.29, 1.82) is 0 Å². The van der Waals surface area contributed by atoms with Crippen LogP contribution in [0.25, 0.3) is 0 Å². The molecule has 6 heteroatoms. The number of hydrogen-bond acceptors (Lipinski definition) is 2. The smallest absolute Gasteiger partial charge is 0.147 e. The standard InChI is InChI=1S/C17H17Br2Cl2NO/c1-2-23-17-14(18)7-11(8-15(17)19)10-22-6-5-12-3-4-13(20)9-16(12)21/h3-4,7-9,22H,2,5-6,10H2,1H3. The number of hydrogen-bond donors (Lipinski definition) is 1. The van der Waals surface area contributed by atoms with Gasteiger partial charge in [-0.15, -0.1) is 0 Å². The second-order valence-electron chi connectivity index (χ2n) is 4.98. The number of nitrogens with one attached hydrogen (secondary N) is 1. The summed E-state index contributed by atoms with van der Waals surface area (Å²) in [6, 6.07) is 9.75. The van der Waals surface area contributed by atoms with E-state index in [0.29, 0.717) is 16.7 Å². The molecule has 0 aromatic heterocycles. The molecule has 2 aromatic rings. The lowest BCUT2D eigenvalue weighted by molar-refractivity contribution is 0.336. The Balaban J connectivity index is 1.89. The minimum absolute atomic E-state index is 0.636. The van der Waals surface area contributed by atoms with Crippen molar-refractivity contribution in [2.75, 3.05) is 13.2 Å². The van der Waals surface area contributed by atoms with Gasteiger partial charge in [0, 0.05) is 16.6 Å². The SMILES string of the molecule is CCOc1c(Br)cc(CNCCc2ccc(Cl)cc2Cl)cc1Br. The topological polar surface area (TPSA) is 21.3 Å². The van der Waals surface area contributed by atoms with E-state index >= 15 is 0 Å². The van der Waals surface area contributed by atoms with Gasteiger partial charge < -0.3 is 10.1 Å². The molecule has 0 radical (unpaired) electrons. The van der Waals surface area contributed by atoms with Gasteiger partial charge in [-0.3, -0.25) is 0 Å². The molecule has 0 unspecified atom stereocenters. The first kappa shape index (κ1) is 19.1. The Kier molecular flexibility index (Phi) is 7.70. The zero-order valence-corrected chi connectivity index (χ0v) is 17.3. The van der Waals surface area contributed by atoms with Gasteiger partial charge in [0.05, 0.1) is 15.6 Å². The van der Waals surface area contributed by atoms with Crippen LogP contribution in [-0.2, 0) is 13.0 Å². The summed E-state index contributed by atoms with van der Waals surface area (Å²) >= 11 is 19.2. The van der Waals surface area contributed by atoms with Crippen LogP contribution in [0.2, 0.25) is 10.0 Å². The third-order valence-electron chi connectivity index (χ3n) is 3.26. The lowest BCUT2D eigenvalue weighted by Crippen LogP contribution is -2.17. The Morgan fingerprint density at radius 3 is 2.39 bits per heavy atom. The van der Waals surface area contributed by atoms with Gasteiger partial charge in [0.2, 0.25) is 0 Å². The third-order valence-corrected chi connectivity index (χ3v) is 5.03. The second-order valence-corrected chi connectivity index (χ2v) is 7.54. The molecule has 0 atom stereocenters. The highest BCUT2D eigenvalue weighted by molar-refractivity contribution is 9.11. The van der Waals surface area contributed by atoms with E-state index in [2.05, 4.69) is 49.3 Å². The number of halogens is 4. The Morgan fingerprint density at radius 2 is 1.78 bits per heavy atom. The zero-order chi connectivity index (χ0) is 16.8. The first-order valence-corrected chi connectivity index (χ1v) is 9.60. The third kappa shape index (κ3) is 5.64. The van der Waals surface area contributed by atoms with Crippen LogP contribution in [0.4, 0.5) is 0 Å². The molecule has 1 N–H and O–H groups in total. The van der Waals surface area contributed by atoms with E-state index in [9.17, 15) is 0 Å². The summed E-state index contributed by atoms with van der Waals surface area (Å²) in [4.78, 5) is 0. The Bertz CT molecular complexity index is 657. The van der Waals surface area contributed by atoms with Crippen molar-refractivity contribution < 1.29 is 4.74 Å². The van der Waals surface area contributed by atoms with E-state index < -0.39 is 0 Å². The van der Waals surface area contributed by atoms with Crippen LogP contribution in [0.5, 0.6) is 5.75 Å². The van der Waals surface area contributed by atoms with Crippen molar-refractivity contribution in [2.24, 2.45) is 0 Å². The molecule has 0 spiro atoms. The van der Waals surface area contributed by atoms with E-state index in [0.717, 1.165) is 39.8 Å². The van der Waals surface area contributed by atoms with Crippen LogP contribution in [-0.4, -0.2) is 13.2 Å². The molecule has 2 aromatic carbocycles. The zero-order valence-electron chi connectivity index (χ0n) is 12.6. The Morgan fingerprint density at radius 1 is 1.09 bits per heavy atom. The first-order chi connectivity index (χ1) is 11.0. The molecule has 0 amide bonds. The van der Waals surface area contributed by atoms with Gasteiger partial charge in [0.25, 0.3) is 0 Å². The van der Waals surface area contributed by atoms with Crippen LogP contribution in [0.1, 0.15) is 18.1 Å². The maximum Gasteiger partial charge on any atom is 0.147 e. The van der Waals surface area contributed by atoms with Gasteiger partial charge in [-0.05, 0) is 87.1 Å². The average Bonchev–Trinajstić information content (AvgIpc) is 2.49. The predicted molar refractivity (Wildman–Crippen MR) is 105 cm³/mol. The molecule has 0 saturated carbocycles. The fourth-order valence-electron chi connectivity index (χ4n) is 2.18. The highest BCUT2D eigenvalue weighted by Crippen LogP contribution is 2.34. The van der Waals surface area contributed by atoms with Crippen LogP contribution in [0.3, 0.4) is 0 Å². The normalized spacial score (nSPS) is 10.8. The largest absolute Gasteiger partial charge is 0.492 e. The van der Waals surface area contributed by atoms with Crippen molar-refractivity contribution in [2.45, 2.75) is 19.9 Å². The molecule has 23 heavy (non-hydrogen) atoms. The molecule has 124 valence electrons. The van der Waals surface area contributed by atoms with Gasteiger partial charge in [-0.1, -0.05) is 29.3 Å². The van der Waals surface area contributed by atoms with Gasteiger partial charge in [-0.2, -0.15) is 0 Å². The average molecular weight is 482 g/mol. The summed E-state index contributed by atoms with van der Waals surface area (Å²) in [6.45, 7) is 4.21. The predicted octanol–water partition coefficient (Wildman–Crippen LogP) is 6.25. The Labute approximate surface area is 163 Å². The summed E-state index contributed by atoms with van der Waals surface area (Å²) in [5, 5.41) is 4.80. The van der Waals surface area contributed by atoms with Crippen molar-refractivity contribution >= 4 is 55.1 Å². The quantitative estimate of drug-likeness (QED) is 0.472. The van der Waals surface area contributed by atoms with Crippen molar-refractivity contribution in [3.05, 3.63) is 60.4 Å². The minimum Gasteiger partial charge on any atom is -0.492 e. The molecule has 0 saturated heterocycles. The molecule has 0 aliphatic carbocycles. The second kappa shape index (κ2) is 9.28. The maximum atomic E-state index is 6.18. The molecular weight excluding hydrogens is 465 g/mol. The van der Waals surface area contributed by atoms with Gasteiger partial charge in [-0.25, -0.2) is 0 Å². The van der Waals surface area contributed by atoms with E-state index in [4.69, 9.17) is 27.9 Å².